The van der Waals surface area contributed by atoms with Gasteiger partial charge in [-0.05, 0) is 42.5 Å². The predicted molar refractivity (Wildman–Crippen MR) is 89.3 cm³/mol. The summed E-state index contributed by atoms with van der Waals surface area (Å²) < 4.78 is 0. The number of nitrogens with zero attached hydrogens (tertiary/aromatic N) is 1. The fourth-order valence-corrected chi connectivity index (χ4v) is 3.32. The molecular formula is C19H24N2O. The molecular weight excluding hydrogens is 272 g/mol. The summed E-state index contributed by atoms with van der Waals surface area (Å²) in [5, 5.41) is 13.1. The highest BCUT2D eigenvalue weighted by Gasteiger charge is 2.23. The highest BCUT2D eigenvalue weighted by molar-refractivity contribution is 5.59. The number of aliphatic hydroxyl groups is 1. The third-order valence-electron chi connectivity index (χ3n) is 4.60. The highest BCUT2D eigenvalue weighted by Crippen LogP contribution is 2.24. The van der Waals surface area contributed by atoms with Crippen LogP contribution in [-0.2, 0) is 6.54 Å². The zero-order valence-electron chi connectivity index (χ0n) is 12.9. The molecule has 1 aromatic heterocycles. The summed E-state index contributed by atoms with van der Waals surface area (Å²) in [6, 6.07) is 15.0. The lowest BCUT2D eigenvalue weighted by Gasteiger charge is -2.31. The lowest BCUT2D eigenvalue weighted by Crippen LogP contribution is -2.39. The lowest BCUT2D eigenvalue weighted by molar-refractivity contribution is 0.152. The Kier molecular flexibility index (Phi) is 5.20. The Labute approximate surface area is 132 Å². The van der Waals surface area contributed by atoms with Gasteiger partial charge in [0.15, 0.2) is 0 Å². The summed E-state index contributed by atoms with van der Waals surface area (Å²) in [5.41, 5.74) is 3.43. The van der Waals surface area contributed by atoms with E-state index in [9.17, 15) is 5.11 Å². The molecule has 2 atom stereocenters. The maximum Gasteiger partial charge on any atom is 0.0702 e. The molecule has 22 heavy (non-hydrogen) atoms. The van der Waals surface area contributed by atoms with E-state index >= 15 is 0 Å². The van der Waals surface area contributed by atoms with Gasteiger partial charge in [-0.3, -0.25) is 4.98 Å². The van der Waals surface area contributed by atoms with E-state index in [1.165, 1.54) is 24.8 Å². The van der Waals surface area contributed by atoms with Gasteiger partial charge in [0.05, 0.1) is 5.69 Å². The Morgan fingerprint density at radius 3 is 2.82 bits per heavy atom. The second-order valence-electron chi connectivity index (χ2n) is 6.13. The van der Waals surface area contributed by atoms with Gasteiger partial charge in [0.25, 0.3) is 0 Å². The van der Waals surface area contributed by atoms with E-state index in [4.69, 9.17) is 0 Å². The van der Waals surface area contributed by atoms with Crippen molar-refractivity contribution in [3.05, 3.63) is 54.2 Å². The molecule has 0 bridgehead atoms. The molecule has 0 aliphatic heterocycles. The number of pyridine rings is 1. The number of rotatable bonds is 5. The minimum Gasteiger partial charge on any atom is -0.396 e. The van der Waals surface area contributed by atoms with E-state index in [2.05, 4.69) is 34.6 Å². The van der Waals surface area contributed by atoms with Crippen LogP contribution in [0.25, 0.3) is 11.3 Å². The molecule has 0 spiro atoms. The summed E-state index contributed by atoms with van der Waals surface area (Å²) in [6.45, 7) is 1.15. The van der Waals surface area contributed by atoms with Gasteiger partial charge in [0.1, 0.15) is 0 Å². The predicted octanol–water partition coefficient (Wildman–Crippen LogP) is 3.39. The van der Waals surface area contributed by atoms with Crippen LogP contribution < -0.4 is 5.32 Å². The van der Waals surface area contributed by atoms with Crippen molar-refractivity contribution in [3.63, 3.8) is 0 Å². The van der Waals surface area contributed by atoms with Crippen molar-refractivity contribution in [1.82, 2.24) is 10.3 Å². The number of aliphatic hydroxyl groups excluding tert-OH is 1. The number of benzene rings is 1. The molecule has 0 saturated heterocycles. The molecule has 0 radical (unpaired) electrons. The van der Waals surface area contributed by atoms with Crippen LogP contribution in [-0.4, -0.2) is 22.7 Å². The molecule has 116 valence electrons. The highest BCUT2D eigenvalue weighted by atomic mass is 16.3. The molecule has 0 amide bonds. The molecule has 1 aromatic carbocycles. The van der Waals surface area contributed by atoms with Crippen molar-refractivity contribution in [3.8, 4) is 11.3 Å². The Morgan fingerprint density at radius 1 is 1.09 bits per heavy atom. The SMILES string of the molecule is OCC1CCCCC1NCc1cccc(-c2ccccn2)c1. The van der Waals surface area contributed by atoms with Crippen molar-refractivity contribution in [2.45, 2.75) is 38.3 Å². The zero-order valence-corrected chi connectivity index (χ0v) is 12.9. The maximum atomic E-state index is 9.50. The summed E-state index contributed by atoms with van der Waals surface area (Å²) in [5.74, 6) is 0.410. The second kappa shape index (κ2) is 7.52. The third kappa shape index (κ3) is 3.73. The van der Waals surface area contributed by atoms with Gasteiger partial charge in [-0.1, -0.05) is 37.1 Å². The minimum absolute atomic E-state index is 0.297. The first-order chi connectivity index (χ1) is 10.9. The van der Waals surface area contributed by atoms with Crippen LogP contribution in [0.1, 0.15) is 31.2 Å². The van der Waals surface area contributed by atoms with Gasteiger partial charge in [-0.15, -0.1) is 0 Å². The van der Waals surface area contributed by atoms with Crippen molar-refractivity contribution in [1.29, 1.82) is 0 Å². The quantitative estimate of drug-likeness (QED) is 0.889. The molecule has 1 aliphatic carbocycles. The van der Waals surface area contributed by atoms with Crippen molar-refractivity contribution in [2.24, 2.45) is 5.92 Å². The summed E-state index contributed by atoms with van der Waals surface area (Å²) >= 11 is 0. The molecule has 3 nitrogen and oxygen atoms in total. The van der Waals surface area contributed by atoms with Crippen LogP contribution in [0.2, 0.25) is 0 Å². The van der Waals surface area contributed by atoms with E-state index in [0.717, 1.165) is 24.2 Å². The third-order valence-corrected chi connectivity index (χ3v) is 4.60. The summed E-state index contributed by atoms with van der Waals surface area (Å²) in [7, 11) is 0. The number of aromatic nitrogens is 1. The summed E-state index contributed by atoms with van der Waals surface area (Å²) in [4.78, 5) is 4.41. The summed E-state index contributed by atoms with van der Waals surface area (Å²) in [6.07, 6.45) is 6.65. The fraction of sp³-hybridized carbons (Fsp3) is 0.421. The van der Waals surface area contributed by atoms with Crippen molar-refractivity contribution in [2.75, 3.05) is 6.61 Å². The first-order valence-corrected chi connectivity index (χ1v) is 8.21. The largest absolute Gasteiger partial charge is 0.396 e. The van der Waals surface area contributed by atoms with E-state index in [1.54, 1.807) is 0 Å². The Hall–Kier alpha value is -1.71. The average Bonchev–Trinajstić information content (AvgIpc) is 2.61. The first kappa shape index (κ1) is 15.2. The molecule has 1 saturated carbocycles. The van der Waals surface area contributed by atoms with Crippen LogP contribution in [0.4, 0.5) is 0 Å². The molecule has 2 unspecified atom stereocenters. The van der Waals surface area contributed by atoms with Gasteiger partial charge in [0.2, 0.25) is 0 Å². The number of hydrogen-bond donors (Lipinski definition) is 2. The van der Waals surface area contributed by atoms with E-state index in [1.807, 2.05) is 24.4 Å². The molecule has 1 heterocycles. The van der Waals surface area contributed by atoms with E-state index in [0.29, 0.717) is 18.6 Å². The van der Waals surface area contributed by atoms with Gasteiger partial charge < -0.3 is 10.4 Å². The van der Waals surface area contributed by atoms with Crippen LogP contribution in [0.15, 0.2) is 48.7 Å². The van der Waals surface area contributed by atoms with E-state index < -0.39 is 0 Å². The van der Waals surface area contributed by atoms with Crippen LogP contribution in [0.5, 0.6) is 0 Å². The standard InChI is InChI=1S/C19H24N2O/c22-14-17-7-1-2-9-19(17)21-13-15-6-5-8-16(12-15)18-10-3-4-11-20-18/h3-6,8,10-12,17,19,21-22H,1-2,7,9,13-14H2. The number of hydrogen-bond acceptors (Lipinski definition) is 3. The van der Waals surface area contributed by atoms with Crippen molar-refractivity contribution >= 4 is 0 Å². The lowest BCUT2D eigenvalue weighted by atomic mass is 9.85. The molecule has 3 rings (SSSR count). The van der Waals surface area contributed by atoms with Crippen molar-refractivity contribution < 1.29 is 5.11 Å². The number of nitrogens with one attached hydrogen (secondary N) is 1. The van der Waals surface area contributed by atoms with Crippen LogP contribution in [0.3, 0.4) is 0 Å². The zero-order chi connectivity index (χ0) is 15.2. The Bertz CT molecular complexity index is 585. The van der Waals surface area contributed by atoms with Crippen LogP contribution in [0, 0.1) is 5.92 Å². The van der Waals surface area contributed by atoms with Gasteiger partial charge in [0, 0.05) is 31.0 Å². The second-order valence-corrected chi connectivity index (χ2v) is 6.13. The minimum atomic E-state index is 0.297. The molecule has 1 aliphatic rings. The van der Waals surface area contributed by atoms with Gasteiger partial charge in [-0.25, -0.2) is 0 Å². The Morgan fingerprint density at radius 2 is 2.00 bits per heavy atom. The molecule has 2 aromatic rings. The first-order valence-electron chi connectivity index (χ1n) is 8.21. The average molecular weight is 296 g/mol. The monoisotopic (exact) mass is 296 g/mol. The fourth-order valence-electron chi connectivity index (χ4n) is 3.32. The molecule has 3 heteroatoms. The maximum absolute atomic E-state index is 9.50. The molecule has 1 fully saturated rings. The smallest absolute Gasteiger partial charge is 0.0702 e. The Balaban J connectivity index is 1.66. The van der Waals surface area contributed by atoms with E-state index in [-0.39, 0.29) is 0 Å². The molecule has 2 N–H and O–H groups in total. The van der Waals surface area contributed by atoms with Gasteiger partial charge in [-0.2, -0.15) is 0 Å². The normalized spacial score (nSPS) is 21.7. The van der Waals surface area contributed by atoms with Crippen LogP contribution >= 0.6 is 0 Å². The topological polar surface area (TPSA) is 45.1 Å². The van der Waals surface area contributed by atoms with Gasteiger partial charge >= 0.3 is 0 Å².